The first kappa shape index (κ1) is 14.8. The Labute approximate surface area is 127 Å². The van der Waals surface area contributed by atoms with Crippen LogP contribution in [0.25, 0.3) is 0 Å². The van der Waals surface area contributed by atoms with E-state index < -0.39 is 5.97 Å². The summed E-state index contributed by atoms with van der Waals surface area (Å²) in [4.78, 5) is 14.3. The summed E-state index contributed by atoms with van der Waals surface area (Å²) in [5.41, 5.74) is 2.93. The third-order valence-corrected chi connectivity index (χ3v) is 3.59. The van der Waals surface area contributed by atoms with Crippen LogP contribution >= 0.6 is 23.2 Å². The standard InChI is InChI=1S/C14H14Cl2N2O2/c1-8-5-11(16)13(6-10(8)15)17-7-9-3-4-12(18-9)14(19)20-2/h3-6,17-18H,7H2,1-2H3. The molecule has 2 N–H and O–H groups in total. The molecule has 106 valence electrons. The molecule has 0 aliphatic heterocycles. The maximum atomic E-state index is 11.3. The molecule has 1 aromatic carbocycles. The molecular weight excluding hydrogens is 299 g/mol. The monoisotopic (exact) mass is 312 g/mol. The Morgan fingerprint density at radius 2 is 2.05 bits per heavy atom. The van der Waals surface area contributed by atoms with Crippen molar-refractivity contribution in [2.75, 3.05) is 12.4 Å². The number of esters is 1. The van der Waals surface area contributed by atoms with Crippen molar-refractivity contribution in [1.29, 1.82) is 0 Å². The van der Waals surface area contributed by atoms with Gasteiger partial charge in [-0.3, -0.25) is 0 Å². The lowest BCUT2D eigenvalue weighted by Gasteiger charge is -2.09. The molecule has 0 bridgehead atoms. The zero-order valence-electron chi connectivity index (χ0n) is 11.1. The predicted molar refractivity (Wildman–Crippen MR) is 80.7 cm³/mol. The number of aromatic amines is 1. The van der Waals surface area contributed by atoms with Gasteiger partial charge in [-0.05, 0) is 36.8 Å². The molecule has 1 aromatic heterocycles. The van der Waals surface area contributed by atoms with Gasteiger partial charge in [0.15, 0.2) is 0 Å². The van der Waals surface area contributed by atoms with Gasteiger partial charge in [0, 0.05) is 10.7 Å². The Hall–Kier alpha value is -1.65. The SMILES string of the molecule is COC(=O)c1ccc(CNc2cc(Cl)c(C)cc2Cl)[nH]1. The highest BCUT2D eigenvalue weighted by atomic mass is 35.5. The van der Waals surface area contributed by atoms with E-state index in [1.54, 1.807) is 18.2 Å². The molecule has 0 unspecified atom stereocenters. The minimum absolute atomic E-state index is 0.396. The summed E-state index contributed by atoms with van der Waals surface area (Å²) >= 11 is 12.2. The van der Waals surface area contributed by atoms with Crippen LogP contribution in [-0.4, -0.2) is 18.1 Å². The van der Waals surface area contributed by atoms with E-state index in [4.69, 9.17) is 23.2 Å². The molecule has 1 heterocycles. The summed E-state index contributed by atoms with van der Waals surface area (Å²) in [6, 6.07) is 7.07. The highest BCUT2D eigenvalue weighted by molar-refractivity contribution is 6.35. The summed E-state index contributed by atoms with van der Waals surface area (Å²) < 4.78 is 4.63. The molecule has 0 amide bonds. The summed E-state index contributed by atoms with van der Waals surface area (Å²) in [5, 5.41) is 4.42. The number of aryl methyl sites for hydroxylation is 1. The molecule has 0 atom stereocenters. The quantitative estimate of drug-likeness (QED) is 0.838. The second-order valence-electron chi connectivity index (χ2n) is 4.32. The summed E-state index contributed by atoms with van der Waals surface area (Å²) in [6.45, 7) is 2.39. The second kappa shape index (κ2) is 6.20. The minimum Gasteiger partial charge on any atom is -0.464 e. The van der Waals surface area contributed by atoms with Gasteiger partial charge >= 0.3 is 5.97 Å². The molecule has 0 aliphatic rings. The molecule has 6 heteroatoms. The van der Waals surface area contributed by atoms with Gasteiger partial charge in [0.1, 0.15) is 5.69 Å². The lowest BCUT2D eigenvalue weighted by molar-refractivity contribution is 0.0594. The Morgan fingerprint density at radius 3 is 2.75 bits per heavy atom. The lowest BCUT2D eigenvalue weighted by Crippen LogP contribution is -2.04. The minimum atomic E-state index is -0.396. The zero-order valence-corrected chi connectivity index (χ0v) is 12.6. The zero-order chi connectivity index (χ0) is 14.7. The second-order valence-corrected chi connectivity index (χ2v) is 5.14. The number of H-pyrrole nitrogens is 1. The van der Waals surface area contributed by atoms with Gasteiger partial charge in [-0.2, -0.15) is 0 Å². The molecule has 2 aromatic rings. The number of carbonyl (C=O) groups is 1. The number of anilines is 1. The largest absolute Gasteiger partial charge is 0.464 e. The van der Waals surface area contributed by atoms with Crippen molar-refractivity contribution >= 4 is 34.9 Å². The molecule has 0 fully saturated rings. The van der Waals surface area contributed by atoms with E-state index in [2.05, 4.69) is 15.0 Å². The van der Waals surface area contributed by atoms with Crippen molar-refractivity contribution in [2.24, 2.45) is 0 Å². The fraction of sp³-hybridized carbons (Fsp3) is 0.214. The fourth-order valence-corrected chi connectivity index (χ4v) is 2.19. The van der Waals surface area contributed by atoms with E-state index in [-0.39, 0.29) is 0 Å². The van der Waals surface area contributed by atoms with Crippen LogP contribution in [0.15, 0.2) is 24.3 Å². The van der Waals surface area contributed by atoms with Crippen LogP contribution in [0, 0.1) is 6.92 Å². The molecule has 0 spiro atoms. The third-order valence-electron chi connectivity index (χ3n) is 2.87. The number of hydrogen-bond acceptors (Lipinski definition) is 3. The average Bonchev–Trinajstić information content (AvgIpc) is 2.89. The number of methoxy groups -OCH3 is 1. The van der Waals surface area contributed by atoms with Crippen molar-refractivity contribution < 1.29 is 9.53 Å². The van der Waals surface area contributed by atoms with Gasteiger partial charge in [-0.1, -0.05) is 23.2 Å². The molecule has 4 nitrogen and oxygen atoms in total. The van der Waals surface area contributed by atoms with Gasteiger partial charge in [-0.15, -0.1) is 0 Å². The topological polar surface area (TPSA) is 54.1 Å². The van der Waals surface area contributed by atoms with Gasteiger partial charge in [-0.25, -0.2) is 4.79 Å². The number of aromatic nitrogens is 1. The third kappa shape index (κ3) is 3.26. The van der Waals surface area contributed by atoms with Crippen molar-refractivity contribution in [3.8, 4) is 0 Å². The first-order valence-electron chi connectivity index (χ1n) is 5.97. The molecule has 0 aliphatic carbocycles. The van der Waals surface area contributed by atoms with Crippen molar-refractivity contribution in [1.82, 2.24) is 4.98 Å². The Bertz CT molecular complexity index is 638. The highest BCUT2D eigenvalue weighted by Gasteiger charge is 2.09. The van der Waals surface area contributed by atoms with Crippen molar-refractivity contribution in [3.63, 3.8) is 0 Å². The molecule has 0 saturated heterocycles. The molecule has 0 saturated carbocycles. The average molecular weight is 313 g/mol. The number of carbonyl (C=O) groups excluding carboxylic acids is 1. The van der Waals surface area contributed by atoms with Crippen LogP contribution in [0.5, 0.6) is 0 Å². The Balaban J connectivity index is 2.07. The van der Waals surface area contributed by atoms with Crippen LogP contribution in [-0.2, 0) is 11.3 Å². The van der Waals surface area contributed by atoms with Gasteiger partial charge in [0.25, 0.3) is 0 Å². The number of rotatable bonds is 4. The number of hydrogen-bond donors (Lipinski definition) is 2. The van der Waals surface area contributed by atoms with Gasteiger partial charge < -0.3 is 15.0 Å². The van der Waals surface area contributed by atoms with Crippen molar-refractivity contribution in [3.05, 3.63) is 51.3 Å². The maximum absolute atomic E-state index is 11.3. The number of benzene rings is 1. The van der Waals surface area contributed by atoms with E-state index in [0.717, 1.165) is 16.9 Å². The molecule has 2 rings (SSSR count). The first-order valence-corrected chi connectivity index (χ1v) is 6.72. The van der Waals surface area contributed by atoms with E-state index in [1.165, 1.54) is 7.11 Å². The number of ether oxygens (including phenoxy) is 1. The number of halogens is 2. The van der Waals surface area contributed by atoms with E-state index >= 15 is 0 Å². The van der Waals surface area contributed by atoms with Crippen LogP contribution in [0.2, 0.25) is 10.0 Å². The number of nitrogens with one attached hydrogen (secondary N) is 2. The highest BCUT2D eigenvalue weighted by Crippen LogP contribution is 2.29. The summed E-state index contributed by atoms with van der Waals surface area (Å²) in [7, 11) is 1.34. The van der Waals surface area contributed by atoms with E-state index in [9.17, 15) is 4.79 Å². The molecule has 0 radical (unpaired) electrons. The predicted octanol–water partition coefficient (Wildman–Crippen LogP) is 4.03. The molecule has 20 heavy (non-hydrogen) atoms. The van der Waals surface area contributed by atoms with E-state index in [1.807, 2.05) is 13.0 Å². The van der Waals surface area contributed by atoms with Crippen LogP contribution in [0.4, 0.5) is 5.69 Å². The fourth-order valence-electron chi connectivity index (χ4n) is 1.74. The normalized spacial score (nSPS) is 10.4. The summed E-state index contributed by atoms with van der Waals surface area (Å²) in [6.07, 6.45) is 0. The van der Waals surface area contributed by atoms with Crippen molar-refractivity contribution in [2.45, 2.75) is 13.5 Å². The summed E-state index contributed by atoms with van der Waals surface area (Å²) in [5.74, 6) is -0.396. The smallest absolute Gasteiger partial charge is 0.354 e. The Kier molecular flexibility index (Phi) is 4.57. The van der Waals surface area contributed by atoms with Gasteiger partial charge in [0.05, 0.1) is 24.4 Å². The van der Waals surface area contributed by atoms with Crippen LogP contribution < -0.4 is 5.32 Å². The maximum Gasteiger partial charge on any atom is 0.354 e. The van der Waals surface area contributed by atoms with Crippen LogP contribution in [0.3, 0.4) is 0 Å². The van der Waals surface area contributed by atoms with Gasteiger partial charge in [0.2, 0.25) is 0 Å². The van der Waals surface area contributed by atoms with Crippen LogP contribution in [0.1, 0.15) is 21.7 Å². The first-order chi connectivity index (χ1) is 9.51. The lowest BCUT2D eigenvalue weighted by atomic mass is 10.2. The Morgan fingerprint density at radius 1 is 1.30 bits per heavy atom. The van der Waals surface area contributed by atoms with E-state index in [0.29, 0.717) is 22.3 Å². The molecular formula is C14H14Cl2N2O2.